The van der Waals surface area contributed by atoms with Gasteiger partial charge in [0.25, 0.3) is 0 Å². The number of aliphatic hydroxyl groups is 1. The average Bonchev–Trinajstić information content (AvgIpc) is 3.03. The van der Waals surface area contributed by atoms with Crippen molar-refractivity contribution in [3.05, 3.63) is 23.8 Å². The van der Waals surface area contributed by atoms with Crippen LogP contribution in [0.15, 0.2) is 23.8 Å². The summed E-state index contributed by atoms with van der Waals surface area (Å²) < 4.78 is 52.3. The van der Waals surface area contributed by atoms with E-state index in [9.17, 15) is 23.9 Å². The first kappa shape index (κ1) is 27.4. The highest BCUT2D eigenvalue weighted by Crippen LogP contribution is 2.72. The molecule has 0 bridgehead atoms. The SMILES string of the molecule is CCCCC(=O)O[C@]1(C(=O)SCF)[C@H](C)C[C@H]2[C@@H]3C[C@H](F)C4=CC(=O)C=C[C@]4(C)[C@@]3(F)[C@@H](O)C[C@@]21C. The van der Waals surface area contributed by atoms with E-state index in [1.807, 2.05) is 6.92 Å². The molecule has 0 unspecified atom stereocenters. The fourth-order valence-corrected chi connectivity index (χ4v) is 8.72. The molecule has 1 N–H and O–H groups in total. The van der Waals surface area contributed by atoms with Gasteiger partial charge in [0.1, 0.15) is 12.2 Å². The van der Waals surface area contributed by atoms with Crippen LogP contribution < -0.4 is 0 Å². The van der Waals surface area contributed by atoms with Crippen LogP contribution in [0.1, 0.15) is 66.2 Å². The summed E-state index contributed by atoms with van der Waals surface area (Å²) in [7, 11) is 0. The minimum atomic E-state index is -2.30. The van der Waals surface area contributed by atoms with Crippen LogP contribution in [0.3, 0.4) is 0 Å². The number of ketones is 1. The van der Waals surface area contributed by atoms with Crippen molar-refractivity contribution >= 4 is 28.6 Å². The summed E-state index contributed by atoms with van der Waals surface area (Å²) in [5.41, 5.74) is -6.85. The molecule has 0 radical (unpaired) electrons. The molecule has 3 saturated carbocycles. The van der Waals surface area contributed by atoms with Gasteiger partial charge >= 0.3 is 5.97 Å². The van der Waals surface area contributed by atoms with E-state index in [2.05, 4.69) is 0 Å². The van der Waals surface area contributed by atoms with Gasteiger partial charge in [-0.05, 0) is 68.0 Å². The molecule has 36 heavy (non-hydrogen) atoms. The normalized spacial score (nSPS) is 45.4. The van der Waals surface area contributed by atoms with Crippen molar-refractivity contribution in [2.45, 2.75) is 89.8 Å². The fraction of sp³-hybridized carbons (Fsp3) is 0.741. The van der Waals surface area contributed by atoms with Crippen molar-refractivity contribution in [3.8, 4) is 0 Å². The zero-order valence-electron chi connectivity index (χ0n) is 21.2. The Morgan fingerprint density at radius 2 is 1.94 bits per heavy atom. The number of halogens is 3. The molecule has 9 atom stereocenters. The number of carbonyl (C=O) groups is 3. The molecule has 4 aliphatic rings. The van der Waals surface area contributed by atoms with Crippen LogP contribution in [0.4, 0.5) is 13.2 Å². The van der Waals surface area contributed by atoms with E-state index in [1.165, 1.54) is 19.1 Å². The predicted molar refractivity (Wildman–Crippen MR) is 130 cm³/mol. The molecule has 0 amide bonds. The van der Waals surface area contributed by atoms with Crippen molar-refractivity contribution in [1.82, 2.24) is 0 Å². The first-order chi connectivity index (χ1) is 16.8. The maximum atomic E-state index is 17.3. The number of unbranched alkanes of at least 4 members (excludes halogenated alkanes) is 1. The Balaban J connectivity index is 1.83. The Kier molecular flexibility index (Phi) is 7.08. The molecule has 9 heteroatoms. The van der Waals surface area contributed by atoms with Crippen LogP contribution >= 0.6 is 11.8 Å². The van der Waals surface area contributed by atoms with Crippen molar-refractivity contribution < 1.29 is 37.4 Å². The molecule has 200 valence electrons. The summed E-state index contributed by atoms with van der Waals surface area (Å²) in [4.78, 5) is 38.4. The minimum absolute atomic E-state index is 0.0174. The summed E-state index contributed by atoms with van der Waals surface area (Å²) in [6.45, 7) is 6.83. The number of alkyl halides is 3. The second kappa shape index (κ2) is 9.29. The molecule has 4 aliphatic carbocycles. The highest BCUT2D eigenvalue weighted by Gasteiger charge is 2.78. The number of allylic oxidation sites excluding steroid dienone is 4. The van der Waals surface area contributed by atoms with Crippen LogP contribution in [-0.4, -0.2) is 51.5 Å². The van der Waals surface area contributed by atoms with E-state index in [0.29, 0.717) is 18.2 Å². The summed E-state index contributed by atoms with van der Waals surface area (Å²) in [6, 6.07) is -1.02. The number of rotatable bonds is 6. The average molecular weight is 529 g/mol. The Morgan fingerprint density at radius 3 is 2.58 bits per heavy atom. The van der Waals surface area contributed by atoms with Crippen LogP contribution in [-0.2, 0) is 19.1 Å². The first-order valence-corrected chi connectivity index (χ1v) is 13.7. The van der Waals surface area contributed by atoms with E-state index in [4.69, 9.17) is 4.74 Å². The molecule has 0 aromatic rings. The smallest absolute Gasteiger partial charge is 0.306 e. The van der Waals surface area contributed by atoms with Crippen molar-refractivity contribution in [1.29, 1.82) is 0 Å². The number of hydrogen-bond acceptors (Lipinski definition) is 6. The first-order valence-electron chi connectivity index (χ1n) is 12.7. The zero-order valence-corrected chi connectivity index (χ0v) is 22.0. The molecule has 0 aliphatic heterocycles. The number of hydrogen-bond donors (Lipinski definition) is 1. The van der Waals surface area contributed by atoms with Crippen molar-refractivity contribution in [2.24, 2.45) is 28.6 Å². The number of carbonyl (C=O) groups excluding carboxylic acids is 3. The second-order valence-corrected chi connectivity index (χ2v) is 12.2. The number of ether oxygens (including phenoxy) is 1. The van der Waals surface area contributed by atoms with E-state index in [0.717, 1.165) is 12.5 Å². The Hall–Kier alpha value is -1.61. The third kappa shape index (κ3) is 3.51. The molecule has 0 spiro atoms. The molecular weight excluding hydrogens is 493 g/mol. The fourth-order valence-electron chi connectivity index (χ4n) is 7.93. The number of thioether (sulfide) groups is 1. The van der Waals surface area contributed by atoms with E-state index in [1.54, 1.807) is 13.8 Å². The number of aliphatic hydroxyl groups excluding tert-OH is 1. The second-order valence-electron chi connectivity index (χ2n) is 11.4. The van der Waals surface area contributed by atoms with Gasteiger partial charge in [-0.1, -0.05) is 33.3 Å². The van der Waals surface area contributed by atoms with E-state index < -0.39 is 75.0 Å². The summed E-state index contributed by atoms with van der Waals surface area (Å²) in [6.07, 6.45) is 1.57. The molecule has 0 heterocycles. The molecule has 3 fully saturated rings. The van der Waals surface area contributed by atoms with E-state index in [-0.39, 0.29) is 31.3 Å². The lowest BCUT2D eigenvalue weighted by Gasteiger charge is -2.63. The largest absolute Gasteiger partial charge is 0.449 e. The lowest BCUT2D eigenvalue weighted by Crippen LogP contribution is -2.70. The number of fused-ring (bicyclic) bond motifs is 5. The molecule has 0 aromatic carbocycles. The van der Waals surface area contributed by atoms with Crippen LogP contribution in [0.5, 0.6) is 0 Å². The molecule has 4 rings (SSSR count). The van der Waals surface area contributed by atoms with Gasteiger partial charge in [-0.25, -0.2) is 13.2 Å². The molecular formula is C27H35F3O5S. The third-order valence-corrected chi connectivity index (χ3v) is 10.3. The van der Waals surface area contributed by atoms with Gasteiger partial charge in [-0.3, -0.25) is 14.4 Å². The maximum Gasteiger partial charge on any atom is 0.306 e. The highest BCUT2D eigenvalue weighted by atomic mass is 32.2. The summed E-state index contributed by atoms with van der Waals surface area (Å²) >= 11 is 0.409. The van der Waals surface area contributed by atoms with Gasteiger partial charge < -0.3 is 9.84 Å². The maximum absolute atomic E-state index is 17.3. The highest BCUT2D eigenvalue weighted by molar-refractivity contribution is 8.13. The minimum Gasteiger partial charge on any atom is -0.449 e. The van der Waals surface area contributed by atoms with Crippen molar-refractivity contribution in [3.63, 3.8) is 0 Å². The van der Waals surface area contributed by atoms with Crippen LogP contribution in [0, 0.1) is 28.6 Å². The lowest BCUT2D eigenvalue weighted by atomic mass is 9.44. The quantitative estimate of drug-likeness (QED) is 0.477. The molecule has 0 saturated heterocycles. The predicted octanol–water partition coefficient (Wildman–Crippen LogP) is 5.21. The van der Waals surface area contributed by atoms with Gasteiger partial charge in [-0.2, -0.15) is 0 Å². The summed E-state index contributed by atoms with van der Waals surface area (Å²) in [5, 5.41) is 10.8. The Labute approximate surface area is 214 Å². The van der Waals surface area contributed by atoms with E-state index >= 15 is 8.78 Å². The zero-order chi connectivity index (χ0) is 26.7. The van der Waals surface area contributed by atoms with Crippen LogP contribution in [0.2, 0.25) is 0 Å². The topological polar surface area (TPSA) is 80.7 Å². The van der Waals surface area contributed by atoms with Crippen molar-refractivity contribution in [2.75, 3.05) is 6.01 Å². The number of esters is 1. The lowest BCUT2D eigenvalue weighted by molar-refractivity contribution is -0.228. The Bertz CT molecular complexity index is 1020. The van der Waals surface area contributed by atoms with Gasteiger partial charge in [0.05, 0.1) is 6.10 Å². The van der Waals surface area contributed by atoms with Gasteiger partial charge in [-0.15, -0.1) is 0 Å². The Morgan fingerprint density at radius 1 is 1.25 bits per heavy atom. The third-order valence-electron chi connectivity index (χ3n) is 9.67. The van der Waals surface area contributed by atoms with Gasteiger partial charge in [0.15, 0.2) is 17.1 Å². The van der Waals surface area contributed by atoms with Gasteiger partial charge in [0.2, 0.25) is 5.12 Å². The molecule has 5 nitrogen and oxygen atoms in total. The standard InChI is InChI=1S/C27H35F3O5S/c1-5-6-7-22(33)35-27(23(34)36-14-28)15(2)10-17-18-12-20(29)19-11-16(31)8-9-24(19,3)26(18,30)21(32)13-25(17,27)4/h8-9,11,15,17-18,20-21,32H,5-7,10,12-14H2,1-4H3/t15-,17+,18+,20+,21+,24+,25+,26+,27+/m1/s1. The van der Waals surface area contributed by atoms with Crippen LogP contribution in [0.25, 0.3) is 0 Å². The molecule has 0 aromatic heterocycles. The van der Waals surface area contributed by atoms with Gasteiger partial charge in [0, 0.05) is 29.1 Å². The summed E-state index contributed by atoms with van der Waals surface area (Å²) in [5.74, 6) is -3.24. The monoisotopic (exact) mass is 528 g/mol.